The lowest BCUT2D eigenvalue weighted by atomic mass is 10.1. The van der Waals surface area contributed by atoms with E-state index in [1.165, 1.54) is 16.9 Å². The first-order valence-electron chi connectivity index (χ1n) is 9.31. The van der Waals surface area contributed by atoms with Crippen molar-refractivity contribution in [3.8, 4) is 5.75 Å². The van der Waals surface area contributed by atoms with E-state index >= 15 is 0 Å². The molecule has 2 aromatic heterocycles. The summed E-state index contributed by atoms with van der Waals surface area (Å²) < 4.78 is 7.54. The number of anilines is 1. The molecule has 0 saturated carbocycles. The van der Waals surface area contributed by atoms with Gasteiger partial charge in [0.25, 0.3) is 5.91 Å². The molecular weight excluding hydrogens is 382 g/mol. The van der Waals surface area contributed by atoms with Crippen LogP contribution in [0.4, 0.5) is 5.82 Å². The predicted molar refractivity (Wildman–Crippen MR) is 116 cm³/mol. The van der Waals surface area contributed by atoms with Gasteiger partial charge in [0.1, 0.15) is 12.4 Å². The molecule has 4 aromatic rings. The second kappa shape index (κ2) is 8.75. The summed E-state index contributed by atoms with van der Waals surface area (Å²) in [6.45, 7) is 3.16. The molecule has 0 aliphatic rings. The molecule has 0 fully saturated rings. The SMILES string of the molecule is Cc1ccc(Cn2ccc(NC(=O)c3cc(COc4ccccc4)cs3)n2)cc1. The van der Waals surface area contributed by atoms with Gasteiger partial charge in [-0.05, 0) is 36.1 Å². The Kier molecular flexibility index (Phi) is 5.72. The largest absolute Gasteiger partial charge is 0.489 e. The van der Waals surface area contributed by atoms with Crippen LogP contribution < -0.4 is 10.1 Å². The minimum atomic E-state index is -0.165. The maximum Gasteiger partial charge on any atom is 0.266 e. The van der Waals surface area contributed by atoms with Gasteiger partial charge >= 0.3 is 0 Å². The van der Waals surface area contributed by atoms with Crippen LogP contribution in [-0.4, -0.2) is 15.7 Å². The van der Waals surface area contributed by atoms with Gasteiger partial charge in [-0.25, -0.2) is 0 Å². The van der Waals surface area contributed by atoms with Gasteiger partial charge in [-0.1, -0.05) is 48.0 Å². The zero-order valence-corrected chi connectivity index (χ0v) is 16.9. The molecule has 0 atom stereocenters. The van der Waals surface area contributed by atoms with Gasteiger partial charge in [0.15, 0.2) is 5.82 Å². The second-order valence-electron chi connectivity index (χ2n) is 6.76. The molecular formula is C23H21N3O2S. The van der Waals surface area contributed by atoms with Crippen molar-refractivity contribution in [1.29, 1.82) is 0 Å². The number of aryl methyl sites for hydroxylation is 1. The number of aromatic nitrogens is 2. The third-order valence-electron chi connectivity index (χ3n) is 4.37. The van der Waals surface area contributed by atoms with Gasteiger partial charge in [-0.15, -0.1) is 11.3 Å². The monoisotopic (exact) mass is 403 g/mol. The fourth-order valence-electron chi connectivity index (χ4n) is 2.83. The van der Waals surface area contributed by atoms with E-state index in [9.17, 15) is 4.79 Å². The Morgan fingerprint density at radius 3 is 2.66 bits per heavy atom. The highest BCUT2D eigenvalue weighted by molar-refractivity contribution is 7.12. The van der Waals surface area contributed by atoms with Crippen molar-refractivity contribution in [2.24, 2.45) is 0 Å². The number of ether oxygens (including phenoxy) is 1. The molecule has 0 spiro atoms. The fourth-order valence-corrected chi connectivity index (χ4v) is 3.62. The smallest absolute Gasteiger partial charge is 0.266 e. The number of para-hydroxylation sites is 1. The average Bonchev–Trinajstić information content (AvgIpc) is 3.39. The molecule has 2 heterocycles. The Balaban J connectivity index is 1.33. The molecule has 2 aromatic carbocycles. The van der Waals surface area contributed by atoms with E-state index in [4.69, 9.17) is 4.74 Å². The Morgan fingerprint density at radius 1 is 1.07 bits per heavy atom. The van der Waals surface area contributed by atoms with Gasteiger partial charge in [0.2, 0.25) is 0 Å². The zero-order chi connectivity index (χ0) is 20.1. The molecule has 4 rings (SSSR count). The highest BCUT2D eigenvalue weighted by atomic mass is 32.1. The van der Waals surface area contributed by atoms with E-state index in [-0.39, 0.29) is 5.91 Å². The summed E-state index contributed by atoms with van der Waals surface area (Å²) in [5.41, 5.74) is 3.36. The van der Waals surface area contributed by atoms with Crippen LogP contribution in [0.25, 0.3) is 0 Å². The first-order chi connectivity index (χ1) is 14.2. The highest BCUT2D eigenvalue weighted by Gasteiger charge is 2.11. The van der Waals surface area contributed by atoms with Gasteiger partial charge < -0.3 is 10.1 Å². The van der Waals surface area contributed by atoms with Crippen molar-refractivity contribution in [3.63, 3.8) is 0 Å². The topological polar surface area (TPSA) is 56.2 Å². The molecule has 0 bridgehead atoms. The second-order valence-corrected chi connectivity index (χ2v) is 7.67. The number of rotatable bonds is 7. The van der Waals surface area contributed by atoms with E-state index in [2.05, 4.69) is 41.6 Å². The van der Waals surface area contributed by atoms with Gasteiger partial charge in [0.05, 0.1) is 11.4 Å². The van der Waals surface area contributed by atoms with Crippen LogP contribution in [0.5, 0.6) is 5.75 Å². The minimum Gasteiger partial charge on any atom is -0.489 e. The molecule has 1 N–H and O–H groups in total. The quantitative estimate of drug-likeness (QED) is 0.465. The minimum absolute atomic E-state index is 0.165. The van der Waals surface area contributed by atoms with E-state index in [1.807, 2.05) is 52.7 Å². The van der Waals surface area contributed by atoms with Crippen molar-refractivity contribution >= 4 is 23.1 Å². The molecule has 146 valence electrons. The van der Waals surface area contributed by atoms with E-state index < -0.39 is 0 Å². The molecule has 1 amide bonds. The number of hydrogen-bond acceptors (Lipinski definition) is 4. The van der Waals surface area contributed by atoms with Gasteiger partial charge in [0, 0.05) is 17.8 Å². The first-order valence-corrected chi connectivity index (χ1v) is 10.2. The standard InChI is InChI=1S/C23H21N3O2S/c1-17-7-9-18(10-8-17)14-26-12-11-22(25-26)24-23(27)21-13-19(16-29-21)15-28-20-5-3-2-4-6-20/h2-13,16H,14-15H2,1H3,(H,24,25,27). The van der Waals surface area contributed by atoms with Crippen molar-refractivity contribution < 1.29 is 9.53 Å². The lowest BCUT2D eigenvalue weighted by Gasteiger charge is -2.04. The van der Waals surface area contributed by atoms with Crippen LogP contribution in [0.1, 0.15) is 26.4 Å². The Labute approximate surface area is 173 Å². The van der Waals surface area contributed by atoms with Crippen LogP contribution in [-0.2, 0) is 13.2 Å². The lowest BCUT2D eigenvalue weighted by molar-refractivity contribution is 0.103. The number of nitrogens with one attached hydrogen (secondary N) is 1. The maximum atomic E-state index is 12.5. The van der Waals surface area contributed by atoms with E-state index in [0.717, 1.165) is 16.9 Å². The normalized spacial score (nSPS) is 10.7. The summed E-state index contributed by atoms with van der Waals surface area (Å²) in [5, 5.41) is 9.24. The molecule has 0 unspecified atom stereocenters. The summed E-state index contributed by atoms with van der Waals surface area (Å²) in [5.74, 6) is 1.18. The zero-order valence-electron chi connectivity index (χ0n) is 16.0. The third-order valence-corrected chi connectivity index (χ3v) is 5.35. The number of amides is 1. The van der Waals surface area contributed by atoms with Crippen molar-refractivity contribution in [3.05, 3.63) is 99.9 Å². The summed E-state index contributed by atoms with van der Waals surface area (Å²) in [6.07, 6.45) is 1.86. The summed E-state index contributed by atoms with van der Waals surface area (Å²) in [6, 6.07) is 21.6. The fraction of sp³-hybridized carbons (Fsp3) is 0.130. The van der Waals surface area contributed by atoms with E-state index in [1.54, 1.807) is 6.07 Å². The number of benzene rings is 2. The first kappa shape index (κ1) is 19.0. The molecule has 0 radical (unpaired) electrons. The molecule has 0 aliphatic carbocycles. The third kappa shape index (κ3) is 5.12. The van der Waals surface area contributed by atoms with Gasteiger partial charge in [-0.2, -0.15) is 5.10 Å². The molecule has 6 heteroatoms. The van der Waals surface area contributed by atoms with Crippen LogP contribution in [0.3, 0.4) is 0 Å². The lowest BCUT2D eigenvalue weighted by Crippen LogP contribution is -2.11. The van der Waals surface area contributed by atoms with Crippen molar-refractivity contribution in [1.82, 2.24) is 9.78 Å². The number of carbonyl (C=O) groups is 1. The Hall–Kier alpha value is -3.38. The summed E-state index contributed by atoms with van der Waals surface area (Å²) in [7, 11) is 0. The molecule has 0 aliphatic heterocycles. The number of nitrogens with zero attached hydrogens (tertiary/aromatic N) is 2. The number of carbonyl (C=O) groups excluding carboxylic acids is 1. The Morgan fingerprint density at radius 2 is 1.86 bits per heavy atom. The van der Waals surface area contributed by atoms with Crippen LogP contribution >= 0.6 is 11.3 Å². The van der Waals surface area contributed by atoms with Crippen LogP contribution in [0.15, 0.2) is 78.3 Å². The molecule has 5 nitrogen and oxygen atoms in total. The predicted octanol–water partition coefficient (Wildman–Crippen LogP) is 5.13. The van der Waals surface area contributed by atoms with Gasteiger partial charge in [-0.3, -0.25) is 9.48 Å². The average molecular weight is 404 g/mol. The highest BCUT2D eigenvalue weighted by Crippen LogP contribution is 2.19. The molecule has 29 heavy (non-hydrogen) atoms. The van der Waals surface area contributed by atoms with E-state index in [0.29, 0.717) is 23.8 Å². The summed E-state index contributed by atoms with van der Waals surface area (Å²) >= 11 is 1.40. The summed E-state index contributed by atoms with van der Waals surface area (Å²) in [4.78, 5) is 13.1. The van der Waals surface area contributed by atoms with Crippen molar-refractivity contribution in [2.75, 3.05) is 5.32 Å². The maximum absolute atomic E-state index is 12.5. The molecule has 0 saturated heterocycles. The number of thiophene rings is 1. The Bertz CT molecular complexity index is 1080. The van der Waals surface area contributed by atoms with Crippen LogP contribution in [0.2, 0.25) is 0 Å². The van der Waals surface area contributed by atoms with Crippen LogP contribution in [0, 0.1) is 6.92 Å². The number of hydrogen-bond donors (Lipinski definition) is 1. The van der Waals surface area contributed by atoms with Crippen molar-refractivity contribution in [2.45, 2.75) is 20.1 Å².